The van der Waals surface area contributed by atoms with Crippen molar-refractivity contribution >= 4 is 0 Å². The van der Waals surface area contributed by atoms with Crippen molar-refractivity contribution in [1.82, 2.24) is 29.7 Å². The Kier molecular flexibility index (Phi) is 6.74. The van der Waals surface area contributed by atoms with Crippen LogP contribution >= 0.6 is 0 Å². The second kappa shape index (κ2) is 9.05. The Balaban J connectivity index is 0.00000306. The predicted molar refractivity (Wildman–Crippen MR) is 101 cm³/mol. The molecule has 4 aromatic heterocycles. The van der Waals surface area contributed by atoms with Gasteiger partial charge in [0.15, 0.2) is 0 Å². The second-order valence-corrected chi connectivity index (χ2v) is 7.25. The van der Waals surface area contributed by atoms with Crippen LogP contribution in [0.25, 0.3) is 17.1 Å². The van der Waals surface area contributed by atoms with Gasteiger partial charge in [-0.05, 0) is 37.9 Å². The van der Waals surface area contributed by atoms with E-state index in [1.54, 1.807) is 38.1 Å². The van der Waals surface area contributed by atoms with Crippen LogP contribution in [0.15, 0.2) is 42.5 Å². The van der Waals surface area contributed by atoms with E-state index in [0.29, 0.717) is 11.4 Å². The summed E-state index contributed by atoms with van der Waals surface area (Å²) in [7, 11) is 0. The summed E-state index contributed by atoms with van der Waals surface area (Å²) in [6, 6.07) is 10.3. The van der Waals surface area contributed by atoms with Crippen molar-refractivity contribution in [2.24, 2.45) is 0 Å². The summed E-state index contributed by atoms with van der Waals surface area (Å²) >= 11 is 0. The number of aromatic nitrogens is 6. The van der Waals surface area contributed by atoms with Crippen LogP contribution in [0.5, 0.6) is 0 Å². The molecule has 0 aliphatic rings. The van der Waals surface area contributed by atoms with Gasteiger partial charge in [-0.25, -0.2) is 8.78 Å². The van der Waals surface area contributed by atoms with Gasteiger partial charge >= 0.3 is 27.2 Å². The Hall–Kier alpha value is -3.07. The standard InChI is InChI=1S/C21H13F5N6.Pt/c1-20(2,14-6-3-5-13(28-14)12-11-27-19(23)30-18(12)22)15-7-4-8-17(29-15)32-10-9-16(31-32)21(24,25)26;/h3-9H,1-2H3;/q-2;+2. The zero-order valence-electron chi connectivity index (χ0n) is 16.9. The first-order valence-electron chi connectivity index (χ1n) is 9.17. The molecule has 0 bridgehead atoms. The van der Waals surface area contributed by atoms with Crippen LogP contribution in [0.4, 0.5) is 22.0 Å². The minimum absolute atomic E-state index is 0. The zero-order valence-corrected chi connectivity index (χ0v) is 19.2. The molecule has 0 unspecified atom stereocenters. The van der Waals surface area contributed by atoms with E-state index in [1.807, 2.05) is 0 Å². The number of pyridine rings is 2. The maximum absolute atomic E-state index is 14.0. The van der Waals surface area contributed by atoms with Crippen molar-refractivity contribution < 1.29 is 43.0 Å². The first-order chi connectivity index (χ1) is 15.1. The van der Waals surface area contributed by atoms with Gasteiger partial charge in [-0.2, -0.15) is 13.2 Å². The van der Waals surface area contributed by atoms with Crippen molar-refractivity contribution in [3.05, 3.63) is 84.0 Å². The predicted octanol–water partition coefficient (Wildman–Crippen LogP) is 4.34. The molecule has 0 saturated carbocycles. The normalized spacial score (nSPS) is 11.8. The Morgan fingerprint density at radius 1 is 0.879 bits per heavy atom. The maximum atomic E-state index is 14.0. The number of nitrogens with zero attached hydrogens (tertiary/aromatic N) is 6. The number of alkyl halides is 3. The molecule has 0 aliphatic carbocycles. The molecule has 12 heteroatoms. The smallest absolute Gasteiger partial charge is 0.343 e. The van der Waals surface area contributed by atoms with Gasteiger partial charge in [0.05, 0.1) is 11.5 Å². The fourth-order valence-corrected chi connectivity index (χ4v) is 2.96. The molecule has 172 valence electrons. The SMILES string of the molecule is CC(C)(c1cccc(-c2[c-]nc(F)nc2F)n1)c1cccc(-n2[c-]cc(C(F)(F)F)n2)n1.[Pt+2]. The first kappa shape index (κ1) is 24.6. The first-order valence-corrected chi connectivity index (χ1v) is 9.17. The number of hydrogen-bond acceptors (Lipinski definition) is 5. The van der Waals surface area contributed by atoms with Crippen LogP contribution in [0.3, 0.4) is 0 Å². The van der Waals surface area contributed by atoms with Crippen molar-refractivity contribution in [3.8, 4) is 17.1 Å². The Bertz CT molecular complexity index is 1290. The van der Waals surface area contributed by atoms with Crippen molar-refractivity contribution in [2.45, 2.75) is 25.4 Å². The quantitative estimate of drug-likeness (QED) is 0.144. The molecule has 0 amide bonds. The molecule has 4 rings (SSSR count). The molecular formula is C21H13F5N6Pt. The van der Waals surface area contributed by atoms with E-state index in [0.717, 1.165) is 10.7 Å². The summed E-state index contributed by atoms with van der Waals surface area (Å²) in [5, 5.41) is 3.49. The molecule has 4 aromatic rings. The fraction of sp³-hybridized carbons (Fsp3) is 0.190. The van der Waals surface area contributed by atoms with Crippen LogP contribution in [-0.2, 0) is 32.7 Å². The van der Waals surface area contributed by atoms with E-state index in [1.165, 1.54) is 12.1 Å². The monoisotopic (exact) mass is 639 g/mol. The minimum atomic E-state index is -4.60. The van der Waals surface area contributed by atoms with Crippen molar-refractivity contribution in [3.63, 3.8) is 0 Å². The molecule has 0 saturated heterocycles. The van der Waals surface area contributed by atoms with Crippen molar-refractivity contribution in [1.29, 1.82) is 0 Å². The Morgan fingerprint density at radius 3 is 2.18 bits per heavy atom. The molecular weight excluding hydrogens is 626 g/mol. The second-order valence-electron chi connectivity index (χ2n) is 7.25. The summed E-state index contributed by atoms with van der Waals surface area (Å²) in [6.45, 7) is 3.58. The molecule has 6 nitrogen and oxygen atoms in total. The van der Waals surface area contributed by atoms with Crippen LogP contribution in [-0.4, -0.2) is 29.7 Å². The molecule has 0 N–H and O–H groups in total. The molecule has 0 radical (unpaired) electrons. The molecule has 4 heterocycles. The Labute approximate surface area is 199 Å². The molecule has 0 atom stereocenters. The summed E-state index contributed by atoms with van der Waals surface area (Å²) < 4.78 is 66.5. The van der Waals surface area contributed by atoms with Gasteiger partial charge in [0, 0.05) is 16.8 Å². The third-order valence-corrected chi connectivity index (χ3v) is 4.72. The number of rotatable bonds is 4. The van der Waals surface area contributed by atoms with Crippen LogP contribution < -0.4 is 0 Å². The van der Waals surface area contributed by atoms with Crippen LogP contribution in [0.1, 0.15) is 30.9 Å². The maximum Gasteiger partial charge on any atom is 2.00 e. The van der Waals surface area contributed by atoms with Crippen LogP contribution in [0, 0.1) is 24.4 Å². The summed E-state index contributed by atoms with van der Waals surface area (Å²) in [6.07, 6.45) is -1.20. The largest absolute Gasteiger partial charge is 2.00 e. The van der Waals surface area contributed by atoms with E-state index in [-0.39, 0.29) is 38.1 Å². The van der Waals surface area contributed by atoms with Crippen LogP contribution in [0.2, 0.25) is 0 Å². The molecule has 0 aromatic carbocycles. The summed E-state index contributed by atoms with van der Waals surface area (Å²) in [4.78, 5) is 15.1. The van der Waals surface area contributed by atoms with E-state index >= 15 is 0 Å². The van der Waals surface area contributed by atoms with Crippen molar-refractivity contribution in [2.75, 3.05) is 0 Å². The van der Waals surface area contributed by atoms with Gasteiger partial charge < -0.3 is 14.6 Å². The molecule has 0 fully saturated rings. The number of hydrogen-bond donors (Lipinski definition) is 0. The van der Waals surface area contributed by atoms with Gasteiger partial charge in [-0.15, -0.1) is 6.07 Å². The van der Waals surface area contributed by atoms with E-state index in [9.17, 15) is 22.0 Å². The van der Waals surface area contributed by atoms with E-state index < -0.39 is 29.3 Å². The minimum Gasteiger partial charge on any atom is -0.343 e. The fourth-order valence-electron chi connectivity index (χ4n) is 2.96. The topological polar surface area (TPSA) is 69.4 Å². The molecule has 0 spiro atoms. The average molecular weight is 639 g/mol. The van der Waals surface area contributed by atoms with Gasteiger partial charge in [-0.1, -0.05) is 36.0 Å². The average Bonchev–Trinajstić information content (AvgIpc) is 3.25. The third kappa shape index (κ3) is 4.98. The van der Waals surface area contributed by atoms with Gasteiger partial charge in [0.2, 0.25) is 6.08 Å². The van der Waals surface area contributed by atoms with Gasteiger partial charge in [0.1, 0.15) is 5.95 Å². The summed E-state index contributed by atoms with van der Waals surface area (Å²) in [5.41, 5.74) is -1.05. The zero-order chi connectivity index (χ0) is 23.1. The van der Waals surface area contributed by atoms with E-state index in [4.69, 9.17) is 0 Å². The van der Waals surface area contributed by atoms with Gasteiger partial charge in [-0.3, -0.25) is 15.1 Å². The summed E-state index contributed by atoms with van der Waals surface area (Å²) in [5.74, 6) is -0.969. The van der Waals surface area contributed by atoms with E-state index in [2.05, 4.69) is 37.4 Å². The third-order valence-electron chi connectivity index (χ3n) is 4.72. The molecule has 0 aliphatic heterocycles. The molecule has 33 heavy (non-hydrogen) atoms. The number of halogens is 5. The Morgan fingerprint density at radius 2 is 1.55 bits per heavy atom. The van der Waals surface area contributed by atoms with Gasteiger partial charge in [0.25, 0.3) is 0 Å².